The highest BCUT2D eigenvalue weighted by atomic mass is 32.3. The third-order valence-corrected chi connectivity index (χ3v) is 9.19. The molecule has 0 aliphatic carbocycles. The highest BCUT2D eigenvalue weighted by molar-refractivity contribution is 8.32. The first-order chi connectivity index (χ1) is 17.7. The fraction of sp³-hybridized carbons (Fsp3) is 0.944. The first-order valence-electron chi connectivity index (χ1n) is 10.6. The number of unbranched alkanes of at least 4 members (excludes halogenated alkanes) is 3. The number of hydrogen-bond donors (Lipinski definition) is 0. The summed E-state index contributed by atoms with van der Waals surface area (Å²) in [4.78, 5) is 11.9. The van der Waals surface area contributed by atoms with Gasteiger partial charge in [-0.2, -0.15) is 83.1 Å². The molecule has 0 aliphatic heterocycles. The van der Waals surface area contributed by atoms with E-state index in [-0.39, 0.29) is 12.8 Å². The van der Waals surface area contributed by atoms with Crippen LogP contribution in [-0.2, 0) is 18.5 Å². The molecule has 0 radical (unpaired) electrons. The SMILES string of the molecule is CCCCCCC(=O)CS(C)(C)OS(=O)(=O)C(F)(F)C(F)(F)C(F)(F)C(F)(F)C(F)(F)C(F)(F)C(F)(F)C(F)(F)F. The van der Waals surface area contributed by atoms with Crippen molar-refractivity contribution in [3.8, 4) is 0 Å². The smallest absolute Gasteiger partial charge is 0.299 e. The molecule has 0 bridgehead atoms. The maximum atomic E-state index is 14.2. The molecule has 0 spiro atoms. The van der Waals surface area contributed by atoms with Crippen LogP contribution >= 0.6 is 10.3 Å². The first-order valence-corrected chi connectivity index (χ1v) is 14.5. The summed E-state index contributed by atoms with van der Waals surface area (Å²) >= 11 is 0. The van der Waals surface area contributed by atoms with E-state index in [1.165, 1.54) is 0 Å². The van der Waals surface area contributed by atoms with Gasteiger partial charge in [0, 0.05) is 6.42 Å². The van der Waals surface area contributed by atoms with Gasteiger partial charge in [-0.25, -0.2) is 3.63 Å². The zero-order chi connectivity index (χ0) is 33.5. The molecule has 0 heterocycles. The van der Waals surface area contributed by atoms with E-state index in [4.69, 9.17) is 0 Å². The lowest BCUT2D eigenvalue weighted by Crippen LogP contribution is -2.75. The molecule has 0 aromatic rings. The highest BCUT2D eigenvalue weighted by Gasteiger charge is 2.96. The number of carbonyl (C=O) groups excluding carboxylic acids is 1. The predicted molar refractivity (Wildman–Crippen MR) is 109 cm³/mol. The average Bonchev–Trinajstić information content (AvgIpc) is 2.73. The summed E-state index contributed by atoms with van der Waals surface area (Å²) in [7, 11) is -11.6. The van der Waals surface area contributed by atoms with Gasteiger partial charge in [0.05, 0.1) is 5.75 Å². The molecule has 0 atom stereocenters. The second-order valence-corrected chi connectivity index (χ2v) is 14.0. The summed E-state index contributed by atoms with van der Waals surface area (Å²) in [5.41, 5.74) is 0. The van der Waals surface area contributed by atoms with Crippen LogP contribution in [0.1, 0.15) is 39.0 Å². The van der Waals surface area contributed by atoms with E-state index in [9.17, 15) is 87.8 Å². The lowest BCUT2D eigenvalue weighted by molar-refractivity contribution is -0.458. The molecule has 23 heteroatoms. The molecular formula is C18H21F17O4S2. The fourth-order valence-electron chi connectivity index (χ4n) is 2.82. The summed E-state index contributed by atoms with van der Waals surface area (Å²) < 4.78 is 254. The quantitative estimate of drug-likeness (QED) is 0.123. The van der Waals surface area contributed by atoms with Crippen molar-refractivity contribution >= 4 is 26.2 Å². The van der Waals surface area contributed by atoms with Crippen molar-refractivity contribution in [2.75, 3.05) is 18.3 Å². The van der Waals surface area contributed by atoms with Crippen molar-refractivity contribution in [3.05, 3.63) is 0 Å². The minimum Gasteiger partial charge on any atom is -0.299 e. The van der Waals surface area contributed by atoms with Crippen LogP contribution in [0, 0.1) is 0 Å². The third-order valence-electron chi connectivity index (χ3n) is 5.10. The first kappa shape index (κ1) is 39.7. The molecule has 0 unspecified atom stereocenters. The van der Waals surface area contributed by atoms with E-state index in [2.05, 4.69) is 3.63 Å². The Hall–Kier alpha value is -1.26. The van der Waals surface area contributed by atoms with E-state index in [0.717, 1.165) is 0 Å². The second-order valence-electron chi connectivity index (χ2n) is 8.91. The Balaban J connectivity index is 6.54. The Bertz CT molecular complexity index is 1040. The Morgan fingerprint density at radius 2 is 0.951 bits per heavy atom. The van der Waals surface area contributed by atoms with E-state index in [1.807, 2.05) is 0 Å². The fourth-order valence-corrected chi connectivity index (χ4v) is 6.66. The molecule has 0 amide bonds. The molecule has 0 fully saturated rings. The van der Waals surface area contributed by atoms with Crippen LogP contribution < -0.4 is 0 Å². The second kappa shape index (κ2) is 11.7. The molecule has 0 saturated carbocycles. The Labute approximate surface area is 222 Å². The molecule has 248 valence electrons. The largest absolute Gasteiger partial charge is 0.460 e. The number of Topliss-reactive ketones (excluding diaryl/α,β-unsaturated/α-hetero) is 1. The van der Waals surface area contributed by atoms with Crippen LogP contribution in [0.4, 0.5) is 74.6 Å². The number of ketones is 1. The van der Waals surface area contributed by atoms with Crippen LogP contribution in [0.5, 0.6) is 0 Å². The van der Waals surface area contributed by atoms with Crippen molar-refractivity contribution in [2.45, 2.75) is 86.0 Å². The van der Waals surface area contributed by atoms with Gasteiger partial charge in [-0.3, -0.25) is 4.79 Å². The summed E-state index contributed by atoms with van der Waals surface area (Å²) in [5.74, 6) is -54.2. The summed E-state index contributed by atoms with van der Waals surface area (Å²) in [6, 6.07) is 0. The number of rotatable bonds is 16. The van der Waals surface area contributed by atoms with Crippen LogP contribution in [0.15, 0.2) is 0 Å². The zero-order valence-electron chi connectivity index (χ0n) is 20.6. The van der Waals surface area contributed by atoms with E-state index < -0.39 is 78.9 Å². The van der Waals surface area contributed by atoms with E-state index in [0.29, 0.717) is 31.8 Å². The van der Waals surface area contributed by atoms with Crippen LogP contribution in [0.2, 0.25) is 0 Å². The average molecular weight is 688 g/mol. The number of carbonyl (C=O) groups is 1. The molecule has 0 aromatic carbocycles. The predicted octanol–water partition coefficient (Wildman–Crippen LogP) is 7.82. The van der Waals surface area contributed by atoms with Crippen molar-refractivity contribution in [1.29, 1.82) is 0 Å². The van der Waals surface area contributed by atoms with Crippen molar-refractivity contribution < 1.29 is 91.5 Å². The monoisotopic (exact) mass is 688 g/mol. The van der Waals surface area contributed by atoms with Gasteiger partial charge in [-0.15, -0.1) is 10.3 Å². The molecule has 0 aromatic heterocycles. The topological polar surface area (TPSA) is 60.4 Å². The highest BCUT2D eigenvalue weighted by Crippen LogP contribution is 2.65. The van der Waals surface area contributed by atoms with Gasteiger partial charge in [0.15, 0.2) is 0 Å². The number of hydrogen-bond acceptors (Lipinski definition) is 4. The normalized spacial score (nSPS) is 16.2. The Morgan fingerprint density at radius 1 is 0.585 bits per heavy atom. The number of halogens is 17. The van der Waals surface area contributed by atoms with Crippen molar-refractivity contribution in [2.24, 2.45) is 0 Å². The summed E-state index contributed by atoms with van der Waals surface area (Å²) in [5, 5.41) is -7.76. The minimum absolute atomic E-state index is 0.150. The number of alkyl halides is 17. The maximum absolute atomic E-state index is 14.2. The Morgan fingerprint density at radius 3 is 1.32 bits per heavy atom. The van der Waals surface area contributed by atoms with E-state index in [1.54, 1.807) is 6.92 Å². The zero-order valence-corrected chi connectivity index (χ0v) is 22.3. The lowest BCUT2D eigenvalue weighted by Gasteiger charge is -2.42. The third kappa shape index (κ3) is 6.79. The molecule has 4 nitrogen and oxygen atoms in total. The summed E-state index contributed by atoms with van der Waals surface area (Å²) in [6.45, 7) is 1.76. The van der Waals surface area contributed by atoms with Gasteiger partial charge < -0.3 is 0 Å². The molecule has 0 rings (SSSR count). The molecule has 0 saturated heterocycles. The van der Waals surface area contributed by atoms with Gasteiger partial charge in [-0.1, -0.05) is 26.2 Å². The van der Waals surface area contributed by atoms with E-state index >= 15 is 0 Å². The van der Waals surface area contributed by atoms with Gasteiger partial charge in [0.1, 0.15) is 5.78 Å². The molecule has 0 N–H and O–H groups in total. The van der Waals surface area contributed by atoms with Gasteiger partial charge in [-0.05, 0) is 18.9 Å². The van der Waals surface area contributed by atoms with Gasteiger partial charge in [0.25, 0.3) is 0 Å². The molecule has 0 aliphatic rings. The van der Waals surface area contributed by atoms with Crippen molar-refractivity contribution in [3.63, 3.8) is 0 Å². The van der Waals surface area contributed by atoms with Crippen LogP contribution in [0.3, 0.4) is 0 Å². The van der Waals surface area contributed by atoms with Gasteiger partial charge >= 0.3 is 57.1 Å². The molecule has 41 heavy (non-hydrogen) atoms. The maximum Gasteiger partial charge on any atom is 0.460 e. The van der Waals surface area contributed by atoms with Gasteiger partial charge in [0.2, 0.25) is 0 Å². The standard InChI is InChI=1S/C18H21F17O4S2/c1-4-5-6-7-8-10(36)9-40(2,3)39-41(37,38)18(34,35)16(29,30)14(25,26)12(21,22)11(19,20)13(23,24)15(27,28)17(31,32)33/h4-9H2,1-3H3. The molecular weight excluding hydrogens is 667 g/mol. The minimum atomic E-state index is -8.92. The summed E-state index contributed by atoms with van der Waals surface area (Å²) in [6.07, 6.45) is -5.42. The van der Waals surface area contributed by atoms with Crippen molar-refractivity contribution in [1.82, 2.24) is 0 Å². The van der Waals surface area contributed by atoms with Crippen LogP contribution in [-0.4, -0.2) is 79.4 Å². The Kier molecular flexibility index (Phi) is 11.3. The lowest BCUT2D eigenvalue weighted by atomic mass is 9.91. The van der Waals surface area contributed by atoms with Crippen LogP contribution in [0.25, 0.3) is 0 Å².